The average Bonchev–Trinajstić information content (AvgIpc) is 2.76. The molecule has 30 heavy (non-hydrogen) atoms. The van der Waals surface area contributed by atoms with Crippen LogP contribution in [0.5, 0.6) is 0 Å². The molecule has 1 aromatic carbocycles. The lowest BCUT2D eigenvalue weighted by molar-refractivity contribution is -0.139. The molecule has 1 amide bonds. The molecule has 3 aliphatic carbocycles. The minimum atomic E-state index is -0.790. The quantitative estimate of drug-likeness (QED) is 0.576. The lowest BCUT2D eigenvalue weighted by Gasteiger charge is -2.48. The van der Waals surface area contributed by atoms with Gasteiger partial charge in [-0.3, -0.25) is 4.79 Å². The number of nitrogens with one attached hydrogen (secondary N) is 1. The summed E-state index contributed by atoms with van der Waals surface area (Å²) in [5, 5.41) is 14.3. The van der Waals surface area contributed by atoms with Gasteiger partial charge in [0.25, 0.3) is 5.91 Å². The summed E-state index contributed by atoms with van der Waals surface area (Å²) in [5.41, 5.74) is 1.36. The van der Waals surface area contributed by atoms with Gasteiger partial charge in [-0.05, 0) is 76.6 Å². The number of ether oxygens (including phenoxy) is 1. The van der Waals surface area contributed by atoms with E-state index in [0.717, 1.165) is 38.8 Å². The van der Waals surface area contributed by atoms with Crippen LogP contribution in [0.4, 0.5) is 0 Å². The Labute approximate surface area is 181 Å². The lowest BCUT2D eigenvalue weighted by atomic mass is 9.61. The van der Waals surface area contributed by atoms with Gasteiger partial charge in [-0.25, -0.2) is 0 Å². The maximum atomic E-state index is 12.0. The monoisotopic (exact) mass is 414 g/mol. The van der Waals surface area contributed by atoms with Crippen molar-refractivity contribution in [2.45, 2.75) is 57.2 Å². The number of benzene rings is 1. The number of hydrogen-bond donors (Lipinski definition) is 2. The van der Waals surface area contributed by atoms with Gasteiger partial charge in [-0.1, -0.05) is 36.4 Å². The van der Waals surface area contributed by atoms with Crippen LogP contribution >= 0.6 is 0 Å². The predicted octanol–water partition coefficient (Wildman–Crippen LogP) is 3.48. The summed E-state index contributed by atoms with van der Waals surface area (Å²) in [5.74, 6) is 0.634. The van der Waals surface area contributed by atoms with Crippen molar-refractivity contribution in [3.63, 3.8) is 0 Å². The van der Waals surface area contributed by atoms with E-state index < -0.39 is 11.2 Å². The number of carbonyl (C=O) groups is 1. The molecule has 1 aromatic rings. The molecule has 1 saturated carbocycles. The van der Waals surface area contributed by atoms with Gasteiger partial charge in [0.1, 0.15) is 5.60 Å². The van der Waals surface area contributed by atoms with Gasteiger partial charge in [-0.15, -0.1) is 0 Å². The smallest absolute Gasteiger partial charge is 0.251 e. The maximum Gasteiger partial charge on any atom is 0.251 e. The number of methoxy groups -OCH3 is 1. The molecule has 2 bridgehead atoms. The number of hydrogen-bond acceptors (Lipinski definition) is 4. The first-order chi connectivity index (χ1) is 14.2. The van der Waals surface area contributed by atoms with Gasteiger partial charge in [-0.2, -0.15) is 0 Å². The molecule has 0 aliphatic heterocycles. The third-order valence-electron chi connectivity index (χ3n) is 7.03. The van der Waals surface area contributed by atoms with Crippen LogP contribution < -0.4 is 5.32 Å². The third kappa shape index (κ3) is 5.32. The summed E-state index contributed by atoms with van der Waals surface area (Å²) < 4.78 is 5.20. The second-order valence-electron chi connectivity index (χ2n) is 9.55. The average molecular weight is 415 g/mol. The number of allylic oxidation sites excluding steroid dienone is 1. The van der Waals surface area contributed by atoms with Gasteiger partial charge in [0.15, 0.2) is 0 Å². The van der Waals surface area contributed by atoms with Gasteiger partial charge in [0, 0.05) is 26.1 Å². The molecule has 0 aromatic heterocycles. The first-order valence-electron chi connectivity index (χ1n) is 11.3. The van der Waals surface area contributed by atoms with E-state index in [1.165, 1.54) is 17.6 Å². The van der Waals surface area contributed by atoms with Crippen LogP contribution in [0.3, 0.4) is 0 Å². The molecule has 166 valence electrons. The van der Waals surface area contributed by atoms with Crippen LogP contribution in [0.25, 0.3) is 5.57 Å². The first kappa shape index (κ1) is 23.0. The number of amides is 1. The molecule has 0 saturated heterocycles. The Hall–Kier alpha value is -1.69. The van der Waals surface area contributed by atoms with Crippen molar-refractivity contribution in [3.05, 3.63) is 42.0 Å². The molecule has 0 heterocycles. The summed E-state index contributed by atoms with van der Waals surface area (Å²) in [4.78, 5) is 14.3. The number of carbonyl (C=O) groups excluding carboxylic acids is 1. The SMILES string of the molecule is COC(C)(C)C(=O)NCCCN(C)CC[C@@]1(O)C[C@@H]2CC[C@H]1C=C2c1ccccc1. The molecule has 0 unspecified atom stereocenters. The maximum absolute atomic E-state index is 12.0. The van der Waals surface area contributed by atoms with Crippen molar-refractivity contribution < 1.29 is 14.6 Å². The first-order valence-corrected chi connectivity index (χ1v) is 11.3. The zero-order valence-corrected chi connectivity index (χ0v) is 19.0. The minimum absolute atomic E-state index is 0.0822. The lowest BCUT2D eigenvalue weighted by Crippen LogP contribution is -2.48. The van der Waals surface area contributed by atoms with Crippen LogP contribution in [-0.4, -0.2) is 60.9 Å². The van der Waals surface area contributed by atoms with E-state index in [0.29, 0.717) is 12.5 Å². The highest BCUT2D eigenvalue weighted by atomic mass is 16.5. The van der Waals surface area contributed by atoms with Gasteiger partial charge >= 0.3 is 0 Å². The van der Waals surface area contributed by atoms with Crippen molar-refractivity contribution >= 4 is 11.5 Å². The Morgan fingerprint density at radius 2 is 2.00 bits per heavy atom. The normalized spacial score (nSPS) is 26.0. The second-order valence-corrected chi connectivity index (χ2v) is 9.55. The van der Waals surface area contributed by atoms with E-state index in [4.69, 9.17) is 4.74 Å². The molecule has 2 N–H and O–H groups in total. The standard InChI is InChI=1S/C25H38N2O3/c1-24(2,30-4)23(28)26-14-8-15-27(3)16-13-25(29)18-20-11-12-21(25)17-22(20)19-9-6-5-7-10-19/h5-7,9-10,17,20-21,29H,8,11-16,18H2,1-4H3,(H,26,28)/t20-,21-,25+/m0/s1. The van der Waals surface area contributed by atoms with E-state index in [1.807, 2.05) is 0 Å². The van der Waals surface area contributed by atoms with Gasteiger partial charge in [0.05, 0.1) is 5.60 Å². The highest BCUT2D eigenvalue weighted by molar-refractivity contribution is 5.84. The number of aliphatic hydroxyl groups is 1. The van der Waals surface area contributed by atoms with E-state index in [1.54, 1.807) is 21.0 Å². The van der Waals surface area contributed by atoms with Crippen LogP contribution in [0, 0.1) is 11.8 Å². The molecule has 4 rings (SSSR count). The molecule has 0 spiro atoms. The molecule has 5 heteroatoms. The Kier molecular flexibility index (Phi) is 7.38. The number of fused-ring (bicyclic) bond motifs is 2. The van der Waals surface area contributed by atoms with Gasteiger partial charge in [0.2, 0.25) is 0 Å². The molecule has 0 radical (unpaired) electrons. The fourth-order valence-electron chi connectivity index (χ4n) is 4.79. The van der Waals surface area contributed by atoms with Gasteiger partial charge < -0.3 is 20.1 Å². The minimum Gasteiger partial charge on any atom is -0.389 e. The third-order valence-corrected chi connectivity index (χ3v) is 7.03. The fraction of sp³-hybridized carbons (Fsp3) is 0.640. The van der Waals surface area contributed by atoms with Crippen molar-refractivity contribution in [1.82, 2.24) is 10.2 Å². The highest BCUT2D eigenvalue weighted by Crippen LogP contribution is 2.51. The molecule has 3 atom stereocenters. The van der Waals surface area contributed by atoms with E-state index >= 15 is 0 Å². The highest BCUT2D eigenvalue weighted by Gasteiger charge is 2.46. The van der Waals surface area contributed by atoms with Crippen LogP contribution in [0.15, 0.2) is 36.4 Å². The Morgan fingerprint density at radius 3 is 2.63 bits per heavy atom. The van der Waals surface area contributed by atoms with Crippen LogP contribution in [-0.2, 0) is 9.53 Å². The molecular formula is C25H38N2O3. The molecule has 5 nitrogen and oxygen atoms in total. The predicted molar refractivity (Wildman–Crippen MR) is 121 cm³/mol. The van der Waals surface area contributed by atoms with Crippen LogP contribution in [0.1, 0.15) is 51.5 Å². The van der Waals surface area contributed by atoms with Crippen molar-refractivity contribution in [2.24, 2.45) is 11.8 Å². The summed E-state index contributed by atoms with van der Waals surface area (Å²) in [7, 11) is 3.64. The van der Waals surface area contributed by atoms with Crippen molar-refractivity contribution in [1.29, 1.82) is 0 Å². The van der Waals surface area contributed by atoms with E-state index in [-0.39, 0.29) is 11.8 Å². The number of nitrogens with zero attached hydrogens (tertiary/aromatic N) is 1. The number of rotatable bonds is 10. The Morgan fingerprint density at radius 1 is 1.27 bits per heavy atom. The zero-order valence-electron chi connectivity index (χ0n) is 19.0. The Bertz CT molecular complexity index is 746. The molecular weight excluding hydrogens is 376 g/mol. The van der Waals surface area contributed by atoms with Crippen LogP contribution in [0.2, 0.25) is 0 Å². The zero-order chi connectivity index (χ0) is 21.8. The summed E-state index contributed by atoms with van der Waals surface area (Å²) >= 11 is 0. The summed E-state index contributed by atoms with van der Waals surface area (Å²) in [6.45, 7) is 5.93. The Balaban J connectivity index is 1.45. The van der Waals surface area contributed by atoms with Crippen molar-refractivity contribution in [3.8, 4) is 0 Å². The summed E-state index contributed by atoms with van der Waals surface area (Å²) in [6, 6.07) is 10.6. The van der Waals surface area contributed by atoms with E-state index in [2.05, 4.69) is 53.7 Å². The van der Waals surface area contributed by atoms with E-state index in [9.17, 15) is 9.90 Å². The second kappa shape index (κ2) is 9.63. The van der Waals surface area contributed by atoms with Crippen molar-refractivity contribution in [2.75, 3.05) is 33.8 Å². The summed E-state index contributed by atoms with van der Waals surface area (Å²) in [6.07, 6.45) is 7.16. The molecule has 1 fully saturated rings. The fourth-order valence-corrected chi connectivity index (χ4v) is 4.79. The topological polar surface area (TPSA) is 61.8 Å². The largest absolute Gasteiger partial charge is 0.389 e. The molecule has 3 aliphatic rings.